The Bertz CT molecular complexity index is 604. The van der Waals surface area contributed by atoms with Gasteiger partial charge in [-0.05, 0) is 48.9 Å². The van der Waals surface area contributed by atoms with Gasteiger partial charge in [0.1, 0.15) is 5.82 Å². The van der Waals surface area contributed by atoms with E-state index >= 15 is 0 Å². The molecule has 1 N–H and O–H groups in total. The zero-order valence-electron chi connectivity index (χ0n) is 13.0. The molecule has 0 aliphatic heterocycles. The molecule has 114 valence electrons. The zero-order chi connectivity index (χ0) is 15.2. The quantitative estimate of drug-likeness (QED) is 0.842. The minimum Gasteiger partial charge on any atom is -0.493 e. The monoisotopic (exact) mass is 306 g/mol. The average molecular weight is 306 g/mol. The van der Waals surface area contributed by atoms with Crippen LogP contribution in [0.5, 0.6) is 11.5 Å². The lowest BCUT2D eigenvalue weighted by molar-refractivity contribution is 0.356. The minimum absolute atomic E-state index is 0.378. The Morgan fingerprint density at radius 2 is 1.95 bits per heavy atom. The lowest BCUT2D eigenvalue weighted by Crippen LogP contribution is -2.17. The predicted molar refractivity (Wildman–Crippen MR) is 90.9 cm³/mol. The van der Waals surface area contributed by atoms with Crippen LogP contribution in [0.4, 0.5) is 5.82 Å². The predicted octanol–water partition coefficient (Wildman–Crippen LogP) is 3.81. The van der Waals surface area contributed by atoms with E-state index in [-0.39, 0.29) is 0 Å². The Kier molecular flexibility index (Phi) is 5.56. The van der Waals surface area contributed by atoms with Crippen LogP contribution in [-0.4, -0.2) is 37.3 Å². The Labute approximate surface area is 130 Å². The summed E-state index contributed by atoms with van der Waals surface area (Å²) in [5.74, 6) is 3.48. The highest BCUT2D eigenvalue weighted by Crippen LogP contribution is 2.34. The Morgan fingerprint density at radius 1 is 1.24 bits per heavy atom. The number of nitrogens with one attached hydrogen (secondary N) is 1. The number of rotatable bonds is 7. The number of methoxy groups -OCH3 is 2. The molecule has 0 bridgehead atoms. The van der Waals surface area contributed by atoms with Crippen LogP contribution >= 0.6 is 11.8 Å². The van der Waals surface area contributed by atoms with Crippen molar-refractivity contribution in [2.45, 2.75) is 19.4 Å². The molecule has 5 heteroatoms. The van der Waals surface area contributed by atoms with E-state index in [1.54, 1.807) is 14.2 Å². The van der Waals surface area contributed by atoms with E-state index in [2.05, 4.69) is 23.5 Å². The molecule has 1 heterocycles. The molecular weight excluding hydrogens is 284 g/mol. The van der Waals surface area contributed by atoms with Crippen LogP contribution in [0.25, 0.3) is 10.8 Å². The molecular formula is C16H22N2O2S. The topological polar surface area (TPSA) is 43.4 Å². The Morgan fingerprint density at radius 3 is 2.62 bits per heavy atom. The summed E-state index contributed by atoms with van der Waals surface area (Å²) in [6, 6.07) is 6.32. The minimum atomic E-state index is 0.378. The number of hydrogen-bond acceptors (Lipinski definition) is 5. The van der Waals surface area contributed by atoms with Crippen molar-refractivity contribution in [1.82, 2.24) is 4.98 Å². The maximum Gasteiger partial charge on any atom is 0.161 e. The summed E-state index contributed by atoms with van der Waals surface area (Å²) >= 11 is 1.86. The maximum atomic E-state index is 5.39. The van der Waals surface area contributed by atoms with Crippen LogP contribution in [0.1, 0.15) is 13.3 Å². The summed E-state index contributed by atoms with van der Waals surface area (Å²) in [6.45, 7) is 2.18. The number of fused-ring (bicyclic) bond motifs is 1. The molecule has 2 aromatic rings. The van der Waals surface area contributed by atoms with Crippen molar-refractivity contribution in [3.63, 3.8) is 0 Å². The van der Waals surface area contributed by atoms with Crippen LogP contribution < -0.4 is 14.8 Å². The molecule has 0 radical (unpaired) electrons. The van der Waals surface area contributed by atoms with Gasteiger partial charge in [-0.2, -0.15) is 11.8 Å². The molecule has 21 heavy (non-hydrogen) atoms. The molecule has 0 aliphatic rings. The van der Waals surface area contributed by atoms with Crippen LogP contribution in [-0.2, 0) is 0 Å². The van der Waals surface area contributed by atoms with Crippen molar-refractivity contribution in [1.29, 1.82) is 0 Å². The largest absolute Gasteiger partial charge is 0.493 e. The van der Waals surface area contributed by atoms with E-state index in [4.69, 9.17) is 9.47 Å². The van der Waals surface area contributed by atoms with Gasteiger partial charge in [-0.3, -0.25) is 0 Å². The van der Waals surface area contributed by atoms with Crippen molar-refractivity contribution in [3.05, 3.63) is 24.4 Å². The highest BCUT2D eigenvalue weighted by atomic mass is 32.2. The van der Waals surface area contributed by atoms with Crippen LogP contribution in [0.15, 0.2) is 24.4 Å². The van der Waals surface area contributed by atoms with E-state index in [9.17, 15) is 0 Å². The normalized spacial score (nSPS) is 12.2. The fourth-order valence-electron chi connectivity index (χ4n) is 2.21. The molecule has 0 fully saturated rings. The molecule has 0 spiro atoms. The molecule has 0 amide bonds. The number of thioether (sulfide) groups is 1. The third-order valence-corrected chi connectivity index (χ3v) is 4.05. The first-order valence-corrected chi connectivity index (χ1v) is 8.35. The number of anilines is 1. The van der Waals surface area contributed by atoms with Gasteiger partial charge in [-0.25, -0.2) is 4.98 Å². The van der Waals surface area contributed by atoms with Crippen molar-refractivity contribution >= 4 is 28.4 Å². The van der Waals surface area contributed by atoms with Gasteiger partial charge in [0.25, 0.3) is 0 Å². The number of ether oxygens (including phenoxy) is 2. The summed E-state index contributed by atoms with van der Waals surface area (Å²) < 4.78 is 10.7. The first-order chi connectivity index (χ1) is 10.2. The van der Waals surface area contributed by atoms with Crippen LogP contribution in [0.3, 0.4) is 0 Å². The van der Waals surface area contributed by atoms with Crippen molar-refractivity contribution < 1.29 is 9.47 Å². The SMILES string of the molecule is COc1cc2ccnc(NC(C)CCSC)c2cc1OC. The van der Waals surface area contributed by atoms with Crippen LogP contribution in [0, 0.1) is 0 Å². The van der Waals surface area contributed by atoms with Crippen molar-refractivity contribution in [3.8, 4) is 11.5 Å². The standard InChI is InChI=1S/C16H22N2O2S/c1-11(6-8-21-4)18-16-13-10-15(20-3)14(19-2)9-12(13)5-7-17-16/h5,7,9-11H,6,8H2,1-4H3,(H,17,18). The van der Waals surface area contributed by atoms with Gasteiger partial charge in [0.05, 0.1) is 14.2 Å². The van der Waals surface area contributed by atoms with E-state index < -0.39 is 0 Å². The zero-order valence-corrected chi connectivity index (χ0v) is 13.8. The van der Waals surface area contributed by atoms with E-state index in [1.807, 2.05) is 36.2 Å². The van der Waals surface area contributed by atoms with Gasteiger partial charge in [-0.15, -0.1) is 0 Å². The second kappa shape index (κ2) is 7.41. The number of nitrogens with zero attached hydrogens (tertiary/aromatic N) is 1. The molecule has 0 aliphatic carbocycles. The second-order valence-corrected chi connectivity index (χ2v) is 5.90. The number of benzene rings is 1. The first-order valence-electron chi connectivity index (χ1n) is 6.95. The first kappa shape index (κ1) is 15.8. The van der Waals surface area contributed by atoms with Crippen molar-refractivity contribution in [2.24, 2.45) is 0 Å². The van der Waals surface area contributed by atoms with Crippen LogP contribution in [0.2, 0.25) is 0 Å². The van der Waals surface area contributed by atoms with E-state index in [0.29, 0.717) is 6.04 Å². The number of pyridine rings is 1. The molecule has 2 rings (SSSR count). The second-order valence-electron chi connectivity index (χ2n) is 4.91. The highest BCUT2D eigenvalue weighted by molar-refractivity contribution is 7.98. The molecule has 4 nitrogen and oxygen atoms in total. The van der Waals surface area contributed by atoms with Gasteiger partial charge in [0.2, 0.25) is 0 Å². The summed E-state index contributed by atoms with van der Waals surface area (Å²) in [7, 11) is 3.29. The van der Waals surface area contributed by atoms with Gasteiger partial charge >= 0.3 is 0 Å². The van der Waals surface area contributed by atoms with Crippen molar-refractivity contribution in [2.75, 3.05) is 31.5 Å². The third kappa shape index (κ3) is 3.73. The lowest BCUT2D eigenvalue weighted by atomic mass is 10.1. The number of hydrogen-bond donors (Lipinski definition) is 1. The molecule has 1 aromatic heterocycles. The molecule has 1 atom stereocenters. The van der Waals surface area contributed by atoms with Gasteiger partial charge in [-0.1, -0.05) is 0 Å². The summed E-state index contributed by atoms with van der Waals surface area (Å²) in [6.07, 6.45) is 5.05. The Balaban J connectivity index is 2.35. The molecule has 0 saturated carbocycles. The highest BCUT2D eigenvalue weighted by Gasteiger charge is 2.11. The number of aromatic nitrogens is 1. The molecule has 1 aromatic carbocycles. The maximum absolute atomic E-state index is 5.39. The summed E-state index contributed by atoms with van der Waals surface area (Å²) in [5.41, 5.74) is 0. The van der Waals surface area contributed by atoms with Gasteiger partial charge in [0.15, 0.2) is 11.5 Å². The summed E-state index contributed by atoms with van der Waals surface area (Å²) in [5, 5.41) is 5.62. The average Bonchev–Trinajstić information content (AvgIpc) is 2.51. The Hall–Kier alpha value is -1.62. The lowest BCUT2D eigenvalue weighted by Gasteiger charge is -2.16. The molecule has 0 saturated heterocycles. The van der Waals surface area contributed by atoms with Gasteiger partial charge < -0.3 is 14.8 Å². The fraction of sp³-hybridized carbons (Fsp3) is 0.438. The third-order valence-electron chi connectivity index (χ3n) is 3.41. The summed E-state index contributed by atoms with van der Waals surface area (Å²) in [4.78, 5) is 4.47. The molecule has 1 unspecified atom stereocenters. The smallest absolute Gasteiger partial charge is 0.161 e. The van der Waals surface area contributed by atoms with Gasteiger partial charge in [0, 0.05) is 17.6 Å². The van der Waals surface area contributed by atoms with E-state index in [1.165, 1.54) is 0 Å². The fourth-order valence-corrected chi connectivity index (χ4v) is 2.80. The van der Waals surface area contributed by atoms with E-state index in [0.717, 1.165) is 40.3 Å².